The zero-order valence-electron chi connectivity index (χ0n) is 12.7. The lowest BCUT2D eigenvalue weighted by molar-refractivity contribution is 0.0462. The van der Waals surface area contributed by atoms with Gasteiger partial charge in [-0.25, -0.2) is 0 Å². The van der Waals surface area contributed by atoms with Gasteiger partial charge in [0.15, 0.2) is 5.60 Å². The summed E-state index contributed by atoms with van der Waals surface area (Å²) >= 11 is 0. The zero-order chi connectivity index (χ0) is 15.3. The van der Waals surface area contributed by atoms with E-state index in [1.165, 1.54) is 16.3 Å². The van der Waals surface area contributed by atoms with Crippen LogP contribution in [0.5, 0.6) is 11.5 Å². The van der Waals surface area contributed by atoms with Crippen molar-refractivity contribution in [2.75, 3.05) is 6.61 Å². The minimum Gasteiger partial charge on any atom is -0.488 e. The van der Waals surface area contributed by atoms with Crippen LogP contribution in [-0.4, -0.2) is 12.2 Å². The molecule has 0 saturated carbocycles. The summed E-state index contributed by atoms with van der Waals surface area (Å²) in [5.74, 6) is 1.94. The molecule has 5 rings (SSSR count). The quantitative estimate of drug-likeness (QED) is 0.603. The molecule has 2 nitrogen and oxygen atoms in total. The Hall–Kier alpha value is -2.74. The molecule has 112 valence electrons. The van der Waals surface area contributed by atoms with E-state index in [0.717, 1.165) is 23.5 Å². The Bertz CT molecular complexity index is 941. The standard InChI is InChI=1S/C21H16O2/c1-3-7-18-15(5-1)9-10-17-13-21(14-22-20(17)18)12-11-16-6-2-4-8-19(16)23-21/h1-12H,13-14H2. The lowest BCUT2D eigenvalue weighted by Gasteiger charge is -2.38. The predicted octanol–water partition coefficient (Wildman–Crippen LogP) is 4.62. The Morgan fingerprint density at radius 3 is 2.74 bits per heavy atom. The lowest BCUT2D eigenvalue weighted by atomic mass is 9.88. The molecule has 1 unspecified atom stereocenters. The molecule has 0 aromatic heterocycles. The van der Waals surface area contributed by atoms with Gasteiger partial charge in [-0.3, -0.25) is 0 Å². The van der Waals surface area contributed by atoms with Gasteiger partial charge >= 0.3 is 0 Å². The lowest BCUT2D eigenvalue weighted by Crippen LogP contribution is -2.46. The van der Waals surface area contributed by atoms with Crippen molar-refractivity contribution < 1.29 is 9.47 Å². The fraction of sp³-hybridized carbons (Fsp3) is 0.143. The maximum Gasteiger partial charge on any atom is 0.165 e. The first-order valence-electron chi connectivity index (χ1n) is 7.94. The molecule has 1 atom stereocenters. The van der Waals surface area contributed by atoms with Crippen molar-refractivity contribution in [1.82, 2.24) is 0 Å². The van der Waals surface area contributed by atoms with Crippen LogP contribution in [0, 0.1) is 0 Å². The average Bonchev–Trinajstić information content (AvgIpc) is 2.61. The number of rotatable bonds is 0. The van der Waals surface area contributed by atoms with E-state index in [9.17, 15) is 0 Å². The third-order valence-electron chi connectivity index (χ3n) is 4.71. The Labute approximate surface area is 135 Å². The van der Waals surface area contributed by atoms with Crippen LogP contribution in [0.25, 0.3) is 16.8 Å². The van der Waals surface area contributed by atoms with Crippen molar-refractivity contribution >= 4 is 16.8 Å². The van der Waals surface area contributed by atoms with Crippen molar-refractivity contribution in [3.05, 3.63) is 77.9 Å². The summed E-state index contributed by atoms with van der Waals surface area (Å²) in [7, 11) is 0. The normalized spacial score (nSPS) is 21.4. The highest BCUT2D eigenvalue weighted by molar-refractivity contribution is 5.90. The van der Waals surface area contributed by atoms with Crippen LogP contribution in [0.1, 0.15) is 11.1 Å². The van der Waals surface area contributed by atoms with Crippen molar-refractivity contribution in [1.29, 1.82) is 0 Å². The van der Waals surface area contributed by atoms with Crippen molar-refractivity contribution in [2.45, 2.75) is 12.0 Å². The number of hydrogen-bond acceptors (Lipinski definition) is 2. The van der Waals surface area contributed by atoms with Crippen LogP contribution in [0.2, 0.25) is 0 Å². The SMILES string of the molecule is C1=CC2(COc3c(ccc4ccccc34)C2)Oc2ccccc21. The molecule has 3 aromatic carbocycles. The van der Waals surface area contributed by atoms with E-state index < -0.39 is 5.60 Å². The molecule has 1 spiro atoms. The Kier molecular flexibility index (Phi) is 2.57. The summed E-state index contributed by atoms with van der Waals surface area (Å²) in [5, 5.41) is 2.40. The highest BCUT2D eigenvalue weighted by Gasteiger charge is 2.38. The third kappa shape index (κ3) is 1.95. The van der Waals surface area contributed by atoms with Gasteiger partial charge in [-0.1, -0.05) is 60.7 Å². The maximum absolute atomic E-state index is 6.32. The van der Waals surface area contributed by atoms with Crippen LogP contribution in [0.3, 0.4) is 0 Å². The molecule has 3 aromatic rings. The van der Waals surface area contributed by atoms with E-state index in [2.05, 4.69) is 54.6 Å². The van der Waals surface area contributed by atoms with Gasteiger partial charge in [0.05, 0.1) is 0 Å². The average molecular weight is 300 g/mol. The highest BCUT2D eigenvalue weighted by atomic mass is 16.5. The van der Waals surface area contributed by atoms with Gasteiger partial charge in [-0.05, 0) is 23.1 Å². The Morgan fingerprint density at radius 1 is 0.870 bits per heavy atom. The van der Waals surface area contributed by atoms with Gasteiger partial charge in [0, 0.05) is 17.4 Å². The first kappa shape index (κ1) is 12.8. The van der Waals surface area contributed by atoms with Gasteiger partial charge in [0.1, 0.15) is 18.1 Å². The molecule has 0 bridgehead atoms. The van der Waals surface area contributed by atoms with Gasteiger partial charge in [-0.15, -0.1) is 0 Å². The summed E-state index contributed by atoms with van der Waals surface area (Å²) in [5.41, 5.74) is 1.94. The highest BCUT2D eigenvalue weighted by Crippen LogP contribution is 2.40. The topological polar surface area (TPSA) is 18.5 Å². The van der Waals surface area contributed by atoms with E-state index in [1.807, 2.05) is 18.2 Å². The molecular formula is C21H16O2. The number of para-hydroxylation sites is 1. The number of hydrogen-bond donors (Lipinski definition) is 0. The molecule has 0 radical (unpaired) electrons. The fourth-order valence-corrected chi connectivity index (χ4v) is 3.54. The second-order valence-electron chi connectivity index (χ2n) is 6.28. The second kappa shape index (κ2) is 4.63. The molecule has 0 amide bonds. The second-order valence-corrected chi connectivity index (χ2v) is 6.28. The Morgan fingerprint density at radius 2 is 1.74 bits per heavy atom. The van der Waals surface area contributed by atoms with Gasteiger partial charge in [0.2, 0.25) is 0 Å². The minimum absolute atomic E-state index is 0.399. The number of ether oxygens (including phenoxy) is 2. The number of fused-ring (bicyclic) bond motifs is 4. The summed E-state index contributed by atoms with van der Waals surface area (Å²) in [6.45, 7) is 0.541. The van der Waals surface area contributed by atoms with E-state index in [0.29, 0.717) is 6.61 Å². The van der Waals surface area contributed by atoms with Crippen LogP contribution in [0.15, 0.2) is 66.7 Å². The van der Waals surface area contributed by atoms with Crippen LogP contribution < -0.4 is 9.47 Å². The molecule has 2 heterocycles. The van der Waals surface area contributed by atoms with Crippen LogP contribution in [-0.2, 0) is 6.42 Å². The molecule has 2 aliphatic rings. The van der Waals surface area contributed by atoms with Crippen molar-refractivity contribution in [3.63, 3.8) is 0 Å². The molecular weight excluding hydrogens is 284 g/mol. The van der Waals surface area contributed by atoms with E-state index >= 15 is 0 Å². The first-order valence-corrected chi connectivity index (χ1v) is 7.94. The Balaban J connectivity index is 1.58. The molecule has 2 heteroatoms. The molecule has 0 N–H and O–H groups in total. The molecule has 0 fully saturated rings. The largest absolute Gasteiger partial charge is 0.488 e. The summed E-state index contributed by atoms with van der Waals surface area (Å²) in [6.07, 6.45) is 5.12. The van der Waals surface area contributed by atoms with Crippen molar-refractivity contribution in [2.24, 2.45) is 0 Å². The monoisotopic (exact) mass is 300 g/mol. The van der Waals surface area contributed by atoms with Crippen molar-refractivity contribution in [3.8, 4) is 11.5 Å². The maximum atomic E-state index is 6.32. The first-order chi connectivity index (χ1) is 11.3. The van der Waals surface area contributed by atoms with Gasteiger partial charge in [0.25, 0.3) is 0 Å². The van der Waals surface area contributed by atoms with E-state index in [-0.39, 0.29) is 0 Å². The zero-order valence-corrected chi connectivity index (χ0v) is 12.7. The summed E-state index contributed by atoms with van der Waals surface area (Å²) in [6, 6.07) is 20.8. The summed E-state index contributed by atoms with van der Waals surface area (Å²) < 4.78 is 12.5. The van der Waals surface area contributed by atoms with Gasteiger partial charge in [-0.2, -0.15) is 0 Å². The molecule has 0 aliphatic carbocycles. The van der Waals surface area contributed by atoms with Crippen LogP contribution >= 0.6 is 0 Å². The van der Waals surface area contributed by atoms with E-state index in [1.54, 1.807) is 0 Å². The van der Waals surface area contributed by atoms with Gasteiger partial charge < -0.3 is 9.47 Å². The predicted molar refractivity (Wildman–Crippen MR) is 92.0 cm³/mol. The van der Waals surface area contributed by atoms with E-state index in [4.69, 9.17) is 9.47 Å². The third-order valence-corrected chi connectivity index (χ3v) is 4.71. The number of benzene rings is 3. The fourth-order valence-electron chi connectivity index (χ4n) is 3.54. The smallest absolute Gasteiger partial charge is 0.165 e. The minimum atomic E-state index is -0.399. The molecule has 23 heavy (non-hydrogen) atoms. The van der Waals surface area contributed by atoms with Crippen LogP contribution in [0.4, 0.5) is 0 Å². The molecule has 0 saturated heterocycles. The molecule has 2 aliphatic heterocycles. The summed E-state index contributed by atoms with van der Waals surface area (Å²) in [4.78, 5) is 0.